The number of carbonyl (C=O) groups is 5. The summed E-state index contributed by atoms with van der Waals surface area (Å²) in [5.74, 6) is 2.02. The monoisotopic (exact) mass is 1710 g/mol. The van der Waals surface area contributed by atoms with Crippen molar-refractivity contribution in [2.75, 3.05) is 27.4 Å². The molecule has 15 aromatic rings. The van der Waals surface area contributed by atoms with Crippen molar-refractivity contribution in [1.82, 2.24) is 49.8 Å². The van der Waals surface area contributed by atoms with Crippen LogP contribution in [-0.2, 0) is 0 Å². The van der Waals surface area contributed by atoms with Crippen molar-refractivity contribution < 1.29 is 70.5 Å². The molecule has 0 bridgehead atoms. The fourth-order valence-corrected chi connectivity index (χ4v) is 10.6. The van der Waals surface area contributed by atoms with Gasteiger partial charge in [-0.25, -0.2) is 39.1 Å². The van der Waals surface area contributed by atoms with Gasteiger partial charge in [0, 0.05) is 83.1 Å². The zero-order valence-corrected chi connectivity index (χ0v) is 64.4. The number of aromatic hydroxyl groups is 4. The molecule has 9 aromatic carbocycles. The maximum Gasteiger partial charge on any atom is 0.401 e. The average Bonchev–Trinajstić information content (AvgIpc) is 1.70. The molecule has 111 heavy (non-hydrogen) atoms. The largest absolute Gasteiger partial charge is 1.00 e. The Morgan fingerprint density at radius 3 is 1.27 bits per heavy atom. The van der Waals surface area contributed by atoms with Gasteiger partial charge >= 0.3 is 11.7 Å². The number of carbonyl (C=O) groups excluding carboxylic acids is 5. The van der Waals surface area contributed by atoms with Gasteiger partial charge in [0.1, 0.15) is 46.8 Å². The number of ether oxygens (including phenoxy) is 1. The summed E-state index contributed by atoms with van der Waals surface area (Å²) in [6.07, 6.45) is 13.6. The second-order valence-electron chi connectivity index (χ2n) is 22.5. The lowest BCUT2D eigenvalue weighted by molar-refractivity contribution is -0.512. The number of phenolic OH excluding ortho intramolecular Hbond substituents is 4. The molecule has 0 fully saturated rings. The van der Waals surface area contributed by atoms with E-state index in [2.05, 4.69) is 76.4 Å². The highest BCUT2D eigenvalue weighted by molar-refractivity contribution is 9.09. The number of Topliss-reactive ketones (excluding diaryl/α,β-unsaturated/α-hetero) is 1. The van der Waals surface area contributed by atoms with E-state index >= 15 is 0 Å². The van der Waals surface area contributed by atoms with Crippen LogP contribution in [0.3, 0.4) is 0 Å². The standard InChI is InChI=1S/C23H15Cl2N3O3.C16H12ClN3O2.C12H9N3O.C9H9N3O.C8H7BrO2.C7H4Cl2O.C4H5N3.BrH/c24-17-7-1-5-15(10-17)21(29)28-23-26-13-20(27-23)14-4-3-9-19(12-14)31-22(30)16-6-2-8-18(25)11-16;17-12-5-1-4-11(7-12)15(22)20-16-18-9-14(19-16)10-3-2-6-13(21)8-10;16-10-4-1-3-9(7-10)11-8-15-6-2-5-13-12(15)14-11;10-9-11-5-8(12-9)6-2-1-3-7(13)4-6;9-5-8(11)6-2-1-3-7(10)4-6;8-6-3-1-2-5(4-6)7(9)10;5-4-6-2-1-3-7-4;/h1-13H,(H2,26,27,28,29);1-9,21H,(H2,18,19,20,22);1-8,16H;1-5,13H,(H3,10,11,12);1-4,10H,5H2;1-4H;1-3H,(H2,5,6,7);1H. The van der Waals surface area contributed by atoms with Gasteiger partial charge in [0.2, 0.25) is 17.8 Å². The van der Waals surface area contributed by atoms with E-state index in [4.69, 9.17) is 79.3 Å². The number of nitrogens with one attached hydrogen (secondary N) is 6. The number of benzene rings is 9. The molecule has 0 aliphatic carbocycles. The molecule has 0 saturated carbocycles. The Kier molecular flexibility index (Phi) is 31.8. The van der Waals surface area contributed by atoms with Gasteiger partial charge in [-0.15, -0.1) is 0 Å². The number of anilines is 4. The Balaban J connectivity index is 0.000000171. The van der Waals surface area contributed by atoms with Crippen molar-refractivity contribution in [2.24, 2.45) is 0 Å². The van der Waals surface area contributed by atoms with Gasteiger partial charge < -0.3 is 68.6 Å². The van der Waals surface area contributed by atoms with Crippen LogP contribution in [0.25, 0.3) is 50.8 Å². The zero-order valence-electron chi connectivity index (χ0n) is 57.4. The number of amides is 2. The molecule has 25 nitrogen and oxygen atoms in total. The first-order valence-electron chi connectivity index (χ1n) is 32.2. The summed E-state index contributed by atoms with van der Waals surface area (Å²) in [7, 11) is 0. The number of hydrogen-bond donors (Lipinski definition) is 12. The normalized spacial score (nSPS) is 10.1. The summed E-state index contributed by atoms with van der Waals surface area (Å²) in [5, 5.41) is 44.2. The van der Waals surface area contributed by atoms with Crippen molar-refractivity contribution in [1.29, 1.82) is 0 Å². The van der Waals surface area contributed by atoms with Crippen LogP contribution in [-0.4, -0.2) is 104 Å². The molecule has 0 aliphatic heterocycles. The van der Waals surface area contributed by atoms with E-state index in [1.807, 2.05) is 53.2 Å². The molecule has 0 spiro atoms. The van der Waals surface area contributed by atoms with Crippen molar-refractivity contribution >= 4 is 132 Å². The number of H-pyrrole nitrogens is 4. The van der Waals surface area contributed by atoms with Gasteiger partial charge in [0.15, 0.2) is 11.7 Å². The van der Waals surface area contributed by atoms with Gasteiger partial charge in [0.25, 0.3) is 17.1 Å². The first kappa shape index (κ1) is 83.9. The van der Waals surface area contributed by atoms with E-state index in [1.54, 1.807) is 207 Å². The summed E-state index contributed by atoms with van der Waals surface area (Å²) in [6.45, 7) is 0. The average molecular weight is 1720 g/mol. The molecule has 0 unspecified atom stereocenters. The lowest BCUT2D eigenvalue weighted by atomic mass is 10.1. The van der Waals surface area contributed by atoms with Crippen molar-refractivity contribution in [3.8, 4) is 73.8 Å². The number of alkyl halides is 1. The fraction of sp³-hybridized carbons (Fsp3) is 0.0127. The predicted octanol–water partition coefficient (Wildman–Crippen LogP) is 14.2. The number of nitrogens with zero attached hydrogens (tertiary/aromatic N) is 7. The number of hydrogen-bond acceptors (Lipinski definition) is 18. The molecule has 2 amide bonds. The van der Waals surface area contributed by atoms with Crippen LogP contribution in [0.4, 0.5) is 23.8 Å². The third kappa shape index (κ3) is 26.9. The Hall–Kier alpha value is -12.7. The summed E-state index contributed by atoms with van der Waals surface area (Å²) >= 11 is 31.5. The maximum atomic E-state index is 12.3. The van der Waals surface area contributed by atoms with Crippen LogP contribution < -0.4 is 48.2 Å². The Labute approximate surface area is 676 Å². The van der Waals surface area contributed by atoms with Gasteiger partial charge in [-0.1, -0.05) is 152 Å². The Morgan fingerprint density at radius 2 is 0.838 bits per heavy atom. The highest BCUT2D eigenvalue weighted by Gasteiger charge is 2.16. The second-order valence-corrected chi connectivity index (χ2v) is 25.1. The van der Waals surface area contributed by atoms with Gasteiger partial charge in [-0.3, -0.25) is 29.8 Å². The van der Waals surface area contributed by atoms with Crippen LogP contribution in [0, 0.1) is 0 Å². The molecular weight excluding hydrogens is 1660 g/mol. The number of fused-ring (bicyclic) bond motifs is 1. The molecule has 0 radical (unpaired) electrons. The van der Waals surface area contributed by atoms with E-state index < -0.39 is 11.2 Å². The predicted molar refractivity (Wildman–Crippen MR) is 428 cm³/mol. The molecule has 562 valence electrons. The summed E-state index contributed by atoms with van der Waals surface area (Å²) < 4.78 is 7.35. The molecular formula is C79H62Br2Cl5N15O10. The molecule has 15 rings (SSSR count). The molecule has 6 aromatic heterocycles. The first-order chi connectivity index (χ1) is 53.0. The molecule has 0 saturated heterocycles. The van der Waals surface area contributed by atoms with Gasteiger partial charge in [0.05, 0.1) is 52.8 Å². The fourth-order valence-electron chi connectivity index (χ4n) is 9.39. The van der Waals surface area contributed by atoms with Crippen LogP contribution >= 0.6 is 73.9 Å². The number of aromatic nitrogens is 11. The highest BCUT2D eigenvalue weighted by atomic mass is 79.9. The van der Waals surface area contributed by atoms with Gasteiger partial charge in [-0.05, 0) is 151 Å². The summed E-state index contributed by atoms with van der Waals surface area (Å²) in [6, 6.07) is 63.9. The minimum absolute atomic E-state index is 0. The number of rotatable bonds is 13. The summed E-state index contributed by atoms with van der Waals surface area (Å²) in [4.78, 5) is 94.0. The van der Waals surface area contributed by atoms with Crippen LogP contribution in [0.2, 0.25) is 20.1 Å². The molecule has 32 heteroatoms. The Morgan fingerprint density at radius 1 is 0.432 bits per heavy atom. The lowest BCUT2D eigenvalue weighted by Gasteiger charge is -2.06. The van der Waals surface area contributed by atoms with Crippen molar-refractivity contribution in [3.63, 3.8) is 0 Å². The number of aromatic amines is 4. The molecule has 6 heterocycles. The van der Waals surface area contributed by atoms with Crippen molar-refractivity contribution in [3.05, 3.63) is 328 Å². The molecule has 0 atom stereocenters. The number of imidazole rings is 4. The number of halogens is 7. The van der Waals surface area contributed by atoms with E-state index in [-0.39, 0.29) is 68.9 Å². The van der Waals surface area contributed by atoms with Crippen LogP contribution in [0.1, 0.15) is 51.8 Å². The minimum Gasteiger partial charge on any atom is -1.00 e. The van der Waals surface area contributed by atoms with Crippen molar-refractivity contribution in [2.45, 2.75) is 0 Å². The van der Waals surface area contributed by atoms with E-state index in [0.717, 1.165) is 39.4 Å². The van der Waals surface area contributed by atoms with Crippen LogP contribution in [0.15, 0.2) is 280 Å². The lowest BCUT2D eigenvalue weighted by Crippen LogP contribution is -3.00. The molecule has 14 N–H and O–H groups in total. The zero-order chi connectivity index (χ0) is 78.5. The van der Waals surface area contributed by atoms with E-state index in [9.17, 15) is 39.3 Å². The highest BCUT2D eigenvalue weighted by Crippen LogP contribution is 2.28. The smallest absolute Gasteiger partial charge is 0.401 e. The second kappa shape index (κ2) is 42.1. The minimum atomic E-state index is -0.515. The van der Waals surface area contributed by atoms with Crippen LogP contribution in [0.5, 0.6) is 28.7 Å². The third-order valence-corrected chi connectivity index (χ3v) is 16.2. The third-order valence-electron chi connectivity index (χ3n) is 14.5. The quantitative estimate of drug-likeness (QED) is 0.0127. The maximum absolute atomic E-state index is 12.3. The number of ketones is 1. The SMILES string of the molecule is Nc1ncc(-c2cccc(O)c2)[nH]1.Nc1ncccn1.O=C(CBr)c1cccc(O)c1.O=C(Cl)c1cccc(Cl)c1.O=C(Nc1ncc(-c2cccc(O)c2)[nH]1)c1cccc(Cl)c1.O=C(Nc1ncc(-c2cccc(OC(=O)c3cccc(Cl)c3)c2)[nH]1)c1cccc(Cl)c1.Oc1cccc(-c2c[n+]3cccnc3[nH]2)c1.[Br-]. The topological polar surface area (TPSA) is 396 Å². The first-order valence-corrected chi connectivity index (χ1v) is 35.2. The molecule has 0 aliphatic rings. The number of phenols is 4. The van der Waals surface area contributed by atoms with E-state index in [1.165, 1.54) is 24.3 Å². The van der Waals surface area contributed by atoms with E-state index in [0.29, 0.717) is 82.9 Å². The Bertz CT molecular complexity index is 5610. The number of nitrogens with two attached hydrogens (primary N) is 2. The summed E-state index contributed by atoms with van der Waals surface area (Å²) in [5.41, 5.74) is 19.1. The number of esters is 1. The number of nitrogen functional groups attached to an aromatic ring is 2. The van der Waals surface area contributed by atoms with Gasteiger partial charge in [-0.2, -0.15) is 0 Å².